The van der Waals surface area contributed by atoms with Crippen molar-refractivity contribution in [2.45, 2.75) is 32.7 Å². The first-order chi connectivity index (χ1) is 16.9. The molecule has 3 aromatic rings. The Morgan fingerprint density at radius 2 is 1.83 bits per heavy atom. The summed E-state index contributed by atoms with van der Waals surface area (Å²) in [5.41, 5.74) is 4.26. The molecular formula is C27H27ClN4O2S. The van der Waals surface area contributed by atoms with Gasteiger partial charge < -0.3 is 14.4 Å². The highest BCUT2D eigenvalue weighted by molar-refractivity contribution is 7.80. The molecule has 0 spiro atoms. The number of aromatic nitrogens is 1. The van der Waals surface area contributed by atoms with Crippen molar-refractivity contribution in [1.82, 2.24) is 14.4 Å². The average molecular weight is 507 g/mol. The van der Waals surface area contributed by atoms with E-state index in [0.717, 1.165) is 48.8 Å². The summed E-state index contributed by atoms with van der Waals surface area (Å²) in [5.74, 6) is -0.0610. The average Bonchev–Trinajstić information content (AvgIpc) is 3.56. The van der Waals surface area contributed by atoms with Crippen LogP contribution in [0.4, 0.5) is 5.69 Å². The minimum absolute atomic E-state index is 0.133. The van der Waals surface area contributed by atoms with Crippen molar-refractivity contribution in [3.05, 3.63) is 70.5 Å². The van der Waals surface area contributed by atoms with E-state index < -0.39 is 0 Å². The van der Waals surface area contributed by atoms with Gasteiger partial charge in [0.15, 0.2) is 5.11 Å². The van der Waals surface area contributed by atoms with E-state index in [1.165, 1.54) is 10.5 Å². The molecule has 2 aliphatic heterocycles. The lowest BCUT2D eigenvalue weighted by Crippen LogP contribution is -2.31. The number of anilines is 1. The fourth-order valence-corrected chi connectivity index (χ4v) is 5.34. The topological polar surface area (TPSA) is 48.8 Å². The van der Waals surface area contributed by atoms with E-state index in [1.54, 1.807) is 36.2 Å². The second kappa shape index (κ2) is 9.47. The van der Waals surface area contributed by atoms with Crippen molar-refractivity contribution < 1.29 is 9.59 Å². The van der Waals surface area contributed by atoms with Crippen molar-refractivity contribution in [2.75, 3.05) is 25.0 Å². The minimum Gasteiger partial charge on any atom is -0.341 e. The second-order valence-corrected chi connectivity index (χ2v) is 9.76. The third-order valence-corrected chi connectivity index (χ3v) is 7.51. The Morgan fingerprint density at radius 3 is 2.51 bits per heavy atom. The standard InChI is InChI=1S/C27H27ClN4O2S/c1-3-18-7-6-8-22-19(16-31(25(18)22)17-24(33)30-13-4-5-14-30)15-23-26(34)32(27(35)29(23)2)21-11-9-20(28)10-12-21/h6-12,15-16H,3-5,13-14,17H2,1-2H3/b23-15-. The number of thiocarbonyl (C=S) groups is 1. The molecule has 35 heavy (non-hydrogen) atoms. The molecule has 0 radical (unpaired) electrons. The van der Waals surface area contributed by atoms with E-state index in [0.29, 0.717) is 21.5 Å². The van der Waals surface area contributed by atoms with Crippen molar-refractivity contribution in [1.29, 1.82) is 0 Å². The lowest BCUT2D eigenvalue weighted by Gasteiger charge is -2.16. The van der Waals surface area contributed by atoms with Crippen LogP contribution < -0.4 is 4.90 Å². The molecule has 2 saturated heterocycles. The fraction of sp³-hybridized carbons (Fsp3) is 0.296. The number of fused-ring (bicyclic) bond motifs is 1. The van der Waals surface area contributed by atoms with E-state index in [9.17, 15) is 9.59 Å². The number of rotatable bonds is 5. The van der Waals surface area contributed by atoms with Crippen LogP contribution in [0.25, 0.3) is 17.0 Å². The predicted octanol–water partition coefficient (Wildman–Crippen LogP) is 5.08. The zero-order valence-electron chi connectivity index (χ0n) is 19.8. The zero-order chi connectivity index (χ0) is 24.7. The van der Waals surface area contributed by atoms with Crippen LogP contribution in [0.5, 0.6) is 0 Å². The number of carbonyl (C=O) groups excluding carboxylic acids is 2. The molecular weight excluding hydrogens is 480 g/mol. The number of amides is 2. The molecule has 180 valence electrons. The lowest BCUT2D eigenvalue weighted by atomic mass is 10.1. The Kier molecular flexibility index (Phi) is 6.38. The molecule has 3 heterocycles. The lowest BCUT2D eigenvalue weighted by molar-refractivity contribution is -0.130. The van der Waals surface area contributed by atoms with Gasteiger partial charge in [-0.15, -0.1) is 0 Å². The van der Waals surface area contributed by atoms with Crippen LogP contribution in [-0.4, -0.2) is 51.4 Å². The number of halogens is 1. The maximum atomic E-state index is 13.5. The fourth-order valence-electron chi connectivity index (χ4n) is 4.92. The summed E-state index contributed by atoms with van der Waals surface area (Å²) in [7, 11) is 1.80. The van der Waals surface area contributed by atoms with Gasteiger partial charge in [0.2, 0.25) is 5.91 Å². The molecule has 1 aromatic heterocycles. The Labute approximate surface area is 215 Å². The van der Waals surface area contributed by atoms with Gasteiger partial charge in [0.1, 0.15) is 12.2 Å². The van der Waals surface area contributed by atoms with E-state index in [4.69, 9.17) is 23.8 Å². The van der Waals surface area contributed by atoms with Gasteiger partial charge in [0.25, 0.3) is 5.91 Å². The highest BCUT2D eigenvalue weighted by Crippen LogP contribution is 2.32. The van der Waals surface area contributed by atoms with Gasteiger partial charge in [-0.3, -0.25) is 14.5 Å². The van der Waals surface area contributed by atoms with Gasteiger partial charge in [-0.05, 0) is 67.4 Å². The molecule has 8 heteroatoms. The Hall–Kier alpha value is -3.16. The molecule has 2 aliphatic rings. The molecule has 0 N–H and O–H groups in total. The van der Waals surface area contributed by atoms with E-state index in [1.807, 2.05) is 33.9 Å². The number of hydrogen-bond acceptors (Lipinski definition) is 3. The summed E-state index contributed by atoms with van der Waals surface area (Å²) in [6.45, 7) is 4.05. The van der Waals surface area contributed by atoms with Crippen LogP contribution >= 0.6 is 23.8 Å². The number of hydrogen-bond donors (Lipinski definition) is 0. The SMILES string of the molecule is CCc1cccc2c(/C=C3/C(=O)N(c4ccc(Cl)cc4)C(=S)N3C)cn(CC(=O)N3CCCC3)c12. The molecule has 0 bridgehead atoms. The number of likely N-dealkylation sites (N-methyl/N-ethyl adjacent to an activating group) is 1. The summed E-state index contributed by atoms with van der Waals surface area (Å²) in [6.07, 6.45) is 6.84. The molecule has 5 rings (SSSR count). The first kappa shape index (κ1) is 23.6. The van der Waals surface area contributed by atoms with Gasteiger partial charge in [-0.1, -0.05) is 36.7 Å². The number of nitrogens with zero attached hydrogens (tertiary/aromatic N) is 4. The van der Waals surface area contributed by atoms with Crippen molar-refractivity contribution in [3.63, 3.8) is 0 Å². The largest absolute Gasteiger partial charge is 0.341 e. The van der Waals surface area contributed by atoms with Gasteiger partial charge >= 0.3 is 0 Å². The van der Waals surface area contributed by atoms with Gasteiger partial charge in [0, 0.05) is 42.3 Å². The molecule has 2 amide bonds. The number of aryl methyl sites for hydroxylation is 1. The molecule has 0 saturated carbocycles. The number of likely N-dealkylation sites (tertiary alicyclic amines) is 1. The second-order valence-electron chi connectivity index (χ2n) is 8.96. The molecule has 0 unspecified atom stereocenters. The Morgan fingerprint density at radius 1 is 1.11 bits per heavy atom. The summed E-state index contributed by atoms with van der Waals surface area (Å²) < 4.78 is 2.04. The van der Waals surface area contributed by atoms with Crippen LogP contribution in [0.3, 0.4) is 0 Å². The maximum absolute atomic E-state index is 13.5. The van der Waals surface area contributed by atoms with Gasteiger partial charge in [0.05, 0.1) is 11.2 Å². The normalized spacial score (nSPS) is 17.5. The van der Waals surface area contributed by atoms with E-state index >= 15 is 0 Å². The highest BCUT2D eigenvalue weighted by Gasteiger charge is 2.37. The summed E-state index contributed by atoms with van der Waals surface area (Å²) >= 11 is 11.6. The minimum atomic E-state index is -0.194. The maximum Gasteiger partial charge on any atom is 0.281 e. The Balaban J connectivity index is 1.56. The van der Waals surface area contributed by atoms with Crippen LogP contribution in [0, 0.1) is 0 Å². The molecule has 6 nitrogen and oxygen atoms in total. The first-order valence-corrected chi connectivity index (χ1v) is 12.7. The Bertz CT molecular complexity index is 1360. The van der Waals surface area contributed by atoms with E-state index in [-0.39, 0.29) is 18.4 Å². The number of carbonyl (C=O) groups is 2. The highest BCUT2D eigenvalue weighted by atomic mass is 35.5. The monoisotopic (exact) mass is 506 g/mol. The van der Waals surface area contributed by atoms with Gasteiger partial charge in [-0.2, -0.15) is 0 Å². The molecule has 2 aromatic carbocycles. The molecule has 0 atom stereocenters. The van der Waals surface area contributed by atoms with Crippen molar-refractivity contribution >= 4 is 63.4 Å². The third-order valence-electron chi connectivity index (χ3n) is 6.80. The third kappa shape index (κ3) is 4.23. The molecule has 0 aliphatic carbocycles. The summed E-state index contributed by atoms with van der Waals surface area (Å²) in [5, 5.41) is 2.02. The zero-order valence-corrected chi connectivity index (χ0v) is 21.4. The van der Waals surface area contributed by atoms with Crippen molar-refractivity contribution in [2.24, 2.45) is 0 Å². The summed E-state index contributed by atoms with van der Waals surface area (Å²) in [6, 6.07) is 13.2. The van der Waals surface area contributed by atoms with Crippen LogP contribution in [0.1, 0.15) is 30.9 Å². The quantitative estimate of drug-likeness (QED) is 0.357. The van der Waals surface area contributed by atoms with Crippen LogP contribution in [0.2, 0.25) is 5.02 Å². The van der Waals surface area contributed by atoms with Crippen LogP contribution in [-0.2, 0) is 22.6 Å². The van der Waals surface area contributed by atoms with Crippen molar-refractivity contribution in [3.8, 4) is 0 Å². The first-order valence-electron chi connectivity index (χ1n) is 11.9. The number of para-hydroxylation sites is 1. The van der Waals surface area contributed by atoms with Crippen LogP contribution in [0.15, 0.2) is 54.4 Å². The number of benzene rings is 2. The predicted molar refractivity (Wildman–Crippen MR) is 144 cm³/mol. The summed E-state index contributed by atoms with van der Waals surface area (Å²) in [4.78, 5) is 31.6. The smallest absolute Gasteiger partial charge is 0.281 e. The van der Waals surface area contributed by atoms with E-state index in [2.05, 4.69) is 13.0 Å². The van der Waals surface area contributed by atoms with Gasteiger partial charge in [-0.25, -0.2) is 0 Å². The molecule has 2 fully saturated rings.